The van der Waals surface area contributed by atoms with Crippen LogP contribution in [-0.4, -0.2) is 46.5 Å². The van der Waals surface area contributed by atoms with Gasteiger partial charge >= 0.3 is 12.1 Å². The number of fused-ring (bicyclic) bond motifs is 1. The van der Waals surface area contributed by atoms with E-state index < -0.39 is 23.8 Å². The molecule has 198 valence electrons. The van der Waals surface area contributed by atoms with Crippen molar-refractivity contribution in [3.05, 3.63) is 88.0 Å². The highest BCUT2D eigenvalue weighted by Gasteiger charge is 2.43. The highest BCUT2D eigenvalue weighted by molar-refractivity contribution is 8.16. The summed E-state index contributed by atoms with van der Waals surface area (Å²) in [6.07, 6.45) is -2.48. The normalized spacial score (nSPS) is 19.3. The minimum absolute atomic E-state index is 0.0303. The lowest BCUT2D eigenvalue weighted by atomic mass is 9.91. The van der Waals surface area contributed by atoms with E-state index in [1.165, 1.54) is 23.9 Å². The number of carbonyl (C=O) groups excluding carboxylic acids is 2. The number of hydrogen-bond donors (Lipinski definition) is 0. The lowest BCUT2D eigenvalue weighted by Crippen LogP contribution is -2.38. The summed E-state index contributed by atoms with van der Waals surface area (Å²) in [6.45, 7) is 3.21. The number of alkyl halides is 3. The number of aliphatic imine (C=N–C) groups is 1. The van der Waals surface area contributed by atoms with Gasteiger partial charge in [0, 0.05) is 24.4 Å². The molecule has 0 radical (unpaired) electrons. The Morgan fingerprint density at radius 2 is 1.74 bits per heavy atom. The second-order valence-corrected chi connectivity index (χ2v) is 9.96. The van der Waals surface area contributed by atoms with Crippen molar-refractivity contribution in [1.82, 2.24) is 9.80 Å². The largest absolute Gasteiger partial charge is 0.463 e. The van der Waals surface area contributed by atoms with Crippen molar-refractivity contribution in [1.29, 1.82) is 0 Å². The number of likely N-dealkylation sites (tertiary alicyclic amines) is 1. The number of halogens is 3. The Bertz CT molecular complexity index is 1310. The summed E-state index contributed by atoms with van der Waals surface area (Å²) in [5.41, 5.74) is 1.61. The van der Waals surface area contributed by atoms with E-state index in [1.54, 1.807) is 11.8 Å². The number of benzene rings is 2. The molecule has 1 unspecified atom stereocenters. The Labute approximate surface area is 222 Å². The fourth-order valence-electron chi connectivity index (χ4n) is 4.89. The molecule has 1 atom stereocenters. The molecule has 0 bridgehead atoms. The van der Waals surface area contributed by atoms with E-state index in [0.717, 1.165) is 25.0 Å². The Morgan fingerprint density at radius 3 is 2.37 bits per heavy atom. The number of ether oxygens (including phenoxy) is 1. The van der Waals surface area contributed by atoms with Gasteiger partial charge in [-0.15, -0.1) is 0 Å². The van der Waals surface area contributed by atoms with Crippen LogP contribution in [-0.2, 0) is 20.5 Å². The molecule has 0 aliphatic carbocycles. The first-order valence-corrected chi connectivity index (χ1v) is 13.3. The van der Waals surface area contributed by atoms with Gasteiger partial charge in [-0.05, 0) is 42.9 Å². The molecular weight excluding hydrogens is 515 g/mol. The van der Waals surface area contributed by atoms with Gasteiger partial charge in [-0.2, -0.15) is 13.2 Å². The van der Waals surface area contributed by atoms with Crippen LogP contribution in [0.25, 0.3) is 5.70 Å². The number of rotatable bonds is 6. The minimum atomic E-state index is -4.50. The molecule has 3 aliphatic heterocycles. The monoisotopic (exact) mass is 541 g/mol. The van der Waals surface area contributed by atoms with Gasteiger partial charge in [0.15, 0.2) is 5.17 Å². The standard InChI is InChI=1S/C28H26F3N3O3S/c1-2-37-26(36)23-24(18-8-4-3-5-9-18)32-27-34(21(17-38-27)16-22(35)33-14-6-7-15-33)25(23)19-10-12-20(13-11-19)28(29,30)31/h3-5,8-13,17,25H,2,6-7,14-16H2,1H3. The SMILES string of the molecule is CCOC(=O)C1=C(c2ccccc2)N=C2SC=C(CC(=O)N3CCCC3)N2C1c1ccc(C(F)(F)F)cc1. The lowest BCUT2D eigenvalue weighted by molar-refractivity contribution is -0.139. The van der Waals surface area contributed by atoms with Crippen LogP contribution < -0.4 is 0 Å². The van der Waals surface area contributed by atoms with Crippen LogP contribution in [0.4, 0.5) is 13.2 Å². The maximum atomic E-state index is 13.5. The number of esters is 1. The average molecular weight is 542 g/mol. The summed E-state index contributed by atoms with van der Waals surface area (Å²) in [6, 6.07) is 13.1. The number of amidine groups is 1. The molecular formula is C28H26F3N3O3S. The van der Waals surface area contributed by atoms with Gasteiger partial charge < -0.3 is 14.5 Å². The van der Waals surface area contributed by atoms with Crippen LogP contribution in [0, 0.1) is 0 Å². The molecule has 0 spiro atoms. The summed E-state index contributed by atoms with van der Waals surface area (Å²) in [7, 11) is 0. The maximum Gasteiger partial charge on any atom is 0.416 e. The zero-order valence-corrected chi connectivity index (χ0v) is 21.5. The molecule has 3 heterocycles. The van der Waals surface area contributed by atoms with E-state index in [0.29, 0.717) is 40.8 Å². The van der Waals surface area contributed by atoms with Gasteiger partial charge in [0.2, 0.25) is 5.91 Å². The second kappa shape index (κ2) is 10.7. The van der Waals surface area contributed by atoms with Crippen LogP contribution in [0.2, 0.25) is 0 Å². The van der Waals surface area contributed by atoms with Crippen LogP contribution in [0.1, 0.15) is 48.9 Å². The predicted molar refractivity (Wildman–Crippen MR) is 140 cm³/mol. The summed E-state index contributed by atoms with van der Waals surface area (Å²) in [5, 5.41) is 2.38. The van der Waals surface area contributed by atoms with Crippen LogP contribution >= 0.6 is 11.8 Å². The van der Waals surface area contributed by atoms with E-state index in [2.05, 4.69) is 0 Å². The van der Waals surface area contributed by atoms with E-state index in [-0.39, 0.29) is 24.5 Å². The highest BCUT2D eigenvalue weighted by Crippen LogP contribution is 2.47. The molecule has 1 amide bonds. The smallest absolute Gasteiger partial charge is 0.416 e. The molecule has 0 saturated carbocycles. The van der Waals surface area contributed by atoms with Gasteiger partial charge in [-0.3, -0.25) is 4.79 Å². The summed E-state index contributed by atoms with van der Waals surface area (Å²) in [4.78, 5) is 34.9. The molecule has 6 nitrogen and oxygen atoms in total. The molecule has 2 aromatic carbocycles. The highest BCUT2D eigenvalue weighted by atomic mass is 32.2. The summed E-state index contributed by atoms with van der Waals surface area (Å²) >= 11 is 1.33. The van der Waals surface area contributed by atoms with Crippen molar-refractivity contribution >= 4 is 34.5 Å². The fourth-order valence-corrected chi connectivity index (χ4v) is 5.81. The van der Waals surface area contributed by atoms with E-state index in [1.807, 2.05) is 40.6 Å². The van der Waals surface area contributed by atoms with Gasteiger partial charge in [-0.25, -0.2) is 9.79 Å². The maximum absolute atomic E-state index is 13.5. The third-order valence-electron chi connectivity index (χ3n) is 6.70. The molecule has 0 N–H and O–H groups in total. The number of hydrogen-bond acceptors (Lipinski definition) is 6. The second-order valence-electron chi connectivity index (χ2n) is 9.13. The molecule has 1 fully saturated rings. The quantitative estimate of drug-likeness (QED) is 0.421. The first-order valence-electron chi connectivity index (χ1n) is 12.4. The van der Waals surface area contributed by atoms with Crippen molar-refractivity contribution in [2.24, 2.45) is 4.99 Å². The van der Waals surface area contributed by atoms with Gasteiger partial charge in [0.1, 0.15) is 0 Å². The molecule has 5 rings (SSSR count). The number of amides is 1. The molecule has 10 heteroatoms. The first kappa shape index (κ1) is 26.1. The first-order chi connectivity index (χ1) is 18.3. The molecule has 1 saturated heterocycles. The van der Waals surface area contributed by atoms with E-state index in [9.17, 15) is 22.8 Å². The molecule has 3 aliphatic rings. The average Bonchev–Trinajstić information content (AvgIpc) is 3.59. The topological polar surface area (TPSA) is 62.2 Å². The van der Waals surface area contributed by atoms with Crippen molar-refractivity contribution in [3.63, 3.8) is 0 Å². The number of nitrogens with zero attached hydrogens (tertiary/aromatic N) is 3. The van der Waals surface area contributed by atoms with Crippen molar-refractivity contribution in [2.75, 3.05) is 19.7 Å². The Kier molecular flexibility index (Phi) is 7.34. The molecule has 0 aromatic heterocycles. The summed E-state index contributed by atoms with van der Waals surface area (Å²) < 4.78 is 45.5. The van der Waals surface area contributed by atoms with Gasteiger partial charge in [-0.1, -0.05) is 54.2 Å². The van der Waals surface area contributed by atoms with Crippen molar-refractivity contribution < 1.29 is 27.5 Å². The summed E-state index contributed by atoms with van der Waals surface area (Å²) in [5.74, 6) is -0.640. The number of thioether (sulfide) groups is 1. The predicted octanol–water partition coefficient (Wildman–Crippen LogP) is 5.99. The third kappa shape index (κ3) is 5.09. The van der Waals surface area contributed by atoms with E-state index in [4.69, 9.17) is 9.73 Å². The third-order valence-corrected chi connectivity index (χ3v) is 7.59. The number of carbonyl (C=O) groups is 2. The van der Waals surface area contributed by atoms with E-state index >= 15 is 0 Å². The zero-order valence-electron chi connectivity index (χ0n) is 20.7. The molecule has 2 aromatic rings. The van der Waals surface area contributed by atoms with Crippen LogP contribution in [0.15, 0.2) is 76.3 Å². The minimum Gasteiger partial charge on any atom is -0.463 e. The van der Waals surface area contributed by atoms with Gasteiger partial charge in [0.25, 0.3) is 0 Å². The Hall–Kier alpha value is -3.53. The van der Waals surface area contributed by atoms with Gasteiger partial charge in [0.05, 0.1) is 35.9 Å². The molecule has 38 heavy (non-hydrogen) atoms. The van der Waals surface area contributed by atoms with Crippen LogP contribution in [0.3, 0.4) is 0 Å². The zero-order chi connectivity index (χ0) is 26.9. The van der Waals surface area contributed by atoms with Crippen molar-refractivity contribution in [3.8, 4) is 0 Å². The van der Waals surface area contributed by atoms with Crippen LogP contribution in [0.5, 0.6) is 0 Å². The van der Waals surface area contributed by atoms with Crippen molar-refractivity contribution in [2.45, 2.75) is 38.4 Å². The Balaban J connectivity index is 1.63. The lowest BCUT2D eigenvalue weighted by Gasteiger charge is -2.37. The Morgan fingerprint density at radius 1 is 1.05 bits per heavy atom. The fraction of sp³-hybridized carbons (Fsp3) is 0.321.